The molecular formula is C16H15N3O2. The molecule has 1 N–H and O–H groups in total. The number of nitrogens with zero attached hydrogens (tertiary/aromatic N) is 2. The number of pyridine rings is 1. The first-order chi connectivity index (χ1) is 10.3. The SMILES string of the molecule is Cc1nc2ccc(OCc3ccc4c(n3)NCC4)cc2o1. The number of aryl methyl sites for hydroxylation is 1. The summed E-state index contributed by atoms with van der Waals surface area (Å²) < 4.78 is 11.3. The van der Waals surface area contributed by atoms with E-state index in [2.05, 4.69) is 21.4 Å². The van der Waals surface area contributed by atoms with Gasteiger partial charge < -0.3 is 14.5 Å². The van der Waals surface area contributed by atoms with Crippen LogP contribution in [-0.4, -0.2) is 16.5 Å². The molecule has 0 saturated heterocycles. The van der Waals surface area contributed by atoms with Crippen LogP contribution in [0.5, 0.6) is 5.75 Å². The van der Waals surface area contributed by atoms with Crippen LogP contribution in [-0.2, 0) is 13.0 Å². The van der Waals surface area contributed by atoms with E-state index >= 15 is 0 Å². The highest BCUT2D eigenvalue weighted by Gasteiger charge is 2.12. The number of anilines is 1. The van der Waals surface area contributed by atoms with Crippen molar-refractivity contribution >= 4 is 16.9 Å². The Morgan fingerprint density at radius 1 is 1.24 bits per heavy atom. The van der Waals surface area contributed by atoms with E-state index in [0.29, 0.717) is 12.5 Å². The third-order valence-corrected chi connectivity index (χ3v) is 3.58. The van der Waals surface area contributed by atoms with Gasteiger partial charge in [0.05, 0.1) is 5.69 Å². The topological polar surface area (TPSA) is 60.2 Å². The average molecular weight is 281 g/mol. The monoisotopic (exact) mass is 281 g/mol. The molecule has 0 saturated carbocycles. The van der Waals surface area contributed by atoms with Crippen molar-refractivity contribution in [3.63, 3.8) is 0 Å². The number of rotatable bonds is 3. The molecule has 0 radical (unpaired) electrons. The Labute approximate surface area is 122 Å². The second-order valence-corrected chi connectivity index (χ2v) is 5.14. The Hall–Kier alpha value is -2.56. The van der Waals surface area contributed by atoms with Gasteiger partial charge in [0.1, 0.15) is 23.7 Å². The van der Waals surface area contributed by atoms with Gasteiger partial charge in [-0.05, 0) is 30.2 Å². The molecule has 0 spiro atoms. The molecule has 0 amide bonds. The average Bonchev–Trinajstić information content (AvgIpc) is 3.08. The Kier molecular flexibility index (Phi) is 2.77. The molecule has 0 atom stereocenters. The molecule has 4 rings (SSSR count). The van der Waals surface area contributed by atoms with Crippen LogP contribution in [0.15, 0.2) is 34.7 Å². The third kappa shape index (κ3) is 2.31. The van der Waals surface area contributed by atoms with E-state index in [1.54, 1.807) is 0 Å². The number of aromatic nitrogens is 2. The summed E-state index contributed by atoms with van der Waals surface area (Å²) >= 11 is 0. The molecule has 0 bridgehead atoms. The van der Waals surface area contributed by atoms with E-state index in [4.69, 9.17) is 9.15 Å². The van der Waals surface area contributed by atoms with E-state index in [-0.39, 0.29) is 0 Å². The molecule has 3 heterocycles. The molecule has 5 heteroatoms. The largest absolute Gasteiger partial charge is 0.487 e. The fourth-order valence-electron chi connectivity index (χ4n) is 2.55. The first kappa shape index (κ1) is 12.2. The number of benzene rings is 1. The van der Waals surface area contributed by atoms with Gasteiger partial charge in [0.2, 0.25) is 0 Å². The molecule has 0 aliphatic carbocycles. The fraction of sp³-hybridized carbons (Fsp3) is 0.250. The van der Waals surface area contributed by atoms with E-state index in [1.807, 2.05) is 31.2 Å². The van der Waals surface area contributed by atoms with Crippen molar-refractivity contribution in [2.24, 2.45) is 0 Å². The van der Waals surface area contributed by atoms with Gasteiger partial charge in [0, 0.05) is 19.5 Å². The van der Waals surface area contributed by atoms with Gasteiger partial charge in [-0.2, -0.15) is 0 Å². The van der Waals surface area contributed by atoms with Gasteiger partial charge >= 0.3 is 0 Å². The lowest BCUT2D eigenvalue weighted by Crippen LogP contribution is -2.00. The number of hydrogen-bond donors (Lipinski definition) is 1. The van der Waals surface area contributed by atoms with Crippen LogP contribution in [0.2, 0.25) is 0 Å². The quantitative estimate of drug-likeness (QED) is 0.799. The van der Waals surface area contributed by atoms with Gasteiger partial charge in [-0.3, -0.25) is 0 Å². The first-order valence-electron chi connectivity index (χ1n) is 7.00. The minimum atomic E-state index is 0.438. The van der Waals surface area contributed by atoms with Crippen molar-refractivity contribution in [2.45, 2.75) is 20.0 Å². The molecule has 1 aliphatic rings. The van der Waals surface area contributed by atoms with E-state index in [0.717, 1.165) is 41.3 Å². The van der Waals surface area contributed by atoms with Crippen LogP contribution in [0.3, 0.4) is 0 Å². The predicted octanol–water partition coefficient (Wildman–Crippen LogP) is 3.08. The summed E-state index contributed by atoms with van der Waals surface area (Å²) in [5, 5.41) is 3.28. The third-order valence-electron chi connectivity index (χ3n) is 3.58. The number of hydrogen-bond acceptors (Lipinski definition) is 5. The van der Waals surface area contributed by atoms with Crippen molar-refractivity contribution < 1.29 is 9.15 Å². The van der Waals surface area contributed by atoms with Crippen LogP contribution >= 0.6 is 0 Å². The molecule has 2 aromatic heterocycles. The van der Waals surface area contributed by atoms with Crippen LogP contribution in [0.4, 0.5) is 5.82 Å². The van der Waals surface area contributed by atoms with E-state index in [1.165, 1.54) is 5.56 Å². The van der Waals surface area contributed by atoms with Crippen molar-refractivity contribution in [3.05, 3.63) is 47.5 Å². The van der Waals surface area contributed by atoms with Crippen molar-refractivity contribution in [2.75, 3.05) is 11.9 Å². The number of ether oxygens (including phenoxy) is 1. The molecule has 1 aliphatic heterocycles. The highest BCUT2D eigenvalue weighted by Crippen LogP contribution is 2.23. The maximum Gasteiger partial charge on any atom is 0.192 e. The number of fused-ring (bicyclic) bond motifs is 2. The zero-order chi connectivity index (χ0) is 14.2. The Bertz CT molecular complexity index is 810. The summed E-state index contributed by atoms with van der Waals surface area (Å²) in [7, 11) is 0. The van der Waals surface area contributed by atoms with Crippen LogP contribution in [0, 0.1) is 6.92 Å². The van der Waals surface area contributed by atoms with Gasteiger partial charge in [0.15, 0.2) is 11.5 Å². The normalized spacial score (nSPS) is 13.2. The van der Waals surface area contributed by atoms with Gasteiger partial charge in [-0.25, -0.2) is 9.97 Å². The highest BCUT2D eigenvalue weighted by molar-refractivity contribution is 5.74. The van der Waals surface area contributed by atoms with Crippen molar-refractivity contribution in [1.82, 2.24) is 9.97 Å². The smallest absolute Gasteiger partial charge is 0.192 e. The molecule has 0 unspecified atom stereocenters. The number of nitrogens with one attached hydrogen (secondary N) is 1. The standard InChI is InChI=1S/C16H15N3O2/c1-10-18-14-5-4-13(8-15(14)21-10)20-9-12-3-2-11-6-7-17-16(11)19-12/h2-5,8H,6-7,9H2,1H3,(H,17,19). The summed E-state index contributed by atoms with van der Waals surface area (Å²) in [6.45, 7) is 3.24. The zero-order valence-electron chi connectivity index (χ0n) is 11.7. The van der Waals surface area contributed by atoms with Gasteiger partial charge in [-0.1, -0.05) is 6.07 Å². The lowest BCUT2D eigenvalue weighted by molar-refractivity contribution is 0.301. The molecule has 5 nitrogen and oxygen atoms in total. The lowest BCUT2D eigenvalue weighted by Gasteiger charge is -2.07. The first-order valence-corrected chi connectivity index (χ1v) is 7.00. The van der Waals surface area contributed by atoms with E-state index < -0.39 is 0 Å². The maximum absolute atomic E-state index is 5.79. The van der Waals surface area contributed by atoms with Gasteiger partial charge in [-0.15, -0.1) is 0 Å². The molecular weight excluding hydrogens is 266 g/mol. The summed E-state index contributed by atoms with van der Waals surface area (Å²) in [6, 6.07) is 9.79. The number of oxazole rings is 1. The maximum atomic E-state index is 5.79. The molecule has 0 fully saturated rings. The second-order valence-electron chi connectivity index (χ2n) is 5.14. The Balaban J connectivity index is 1.52. The van der Waals surface area contributed by atoms with Crippen molar-refractivity contribution in [1.29, 1.82) is 0 Å². The fourth-order valence-corrected chi connectivity index (χ4v) is 2.55. The molecule has 3 aromatic rings. The predicted molar refractivity (Wildman–Crippen MR) is 79.5 cm³/mol. The zero-order valence-corrected chi connectivity index (χ0v) is 11.7. The van der Waals surface area contributed by atoms with Crippen molar-refractivity contribution in [3.8, 4) is 5.75 Å². The molecule has 1 aromatic carbocycles. The summed E-state index contributed by atoms with van der Waals surface area (Å²) in [5.74, 6) is 2.40. The van der Waals surface area contributed by atoms with Gasteiger partial charge in [0.25, 0.3) is 0 Å². The lowest BCUT2D eigenvalue weighted by atomic mass is 10.2. The minimum Gasteiger partial charge on any atom is -0.487 e. The van der Waals surface area contributed by atoms with Crippen LogP contribution in [0.25, 0.3) is 11.1 Å². The minimum absolute atomic E-state index is 0.438. The Morgan fingerprint density at radius 3 is 3.14 bits per heavy atom. The summed E-state index contributed by atoms with van der Waals surface area (Å²) in [4.78, 5) is 8.83. The summed E-state index contributed by atoms with van der Waals surface area (Å²) in [6.07, 6.45) is 1.05. The summed E-state index contributed by atoms with van der Waals surface area (Å²) in [5.41, 5.74) is 3.78. The van der Waals surface area contributed by atoms with Crippen LogP contribution < -0.4 is 10.1 Å². The second kappa shape index (κ2) is 4.77. The Morgan fingerprint density at radius 2 is 2.19 bits per heavy atom. The molecule has 21 heavy (non-hydrogen) atoms. The highest BCUT2D eigenvalue weighted by atomic mass is 16.5. The van der Waals surface area contributed by atoms with Crippen LogP contribution in [0.1, 0.15) is 17.1 Å². The molecule has 106 valence electrons. The van der Waals surface area contributed by atoms with E-state index in [9.17, 15) is 0 Å².